The number of rotatable bonds is 6. The molecule has 0 N–H and O–H groups in total. The smallest absolute Gasteiger partial charge is 0.0804 e. The molecule has 0 aromatic heterocycles. The Bertz CT molecular complexity index is 951. The van der Waals surface area contributed by atoms with Crippen LogP contribution < -0.4 is 0 Å². The zero-order valence-electron chi connectivity index (χ0n) is 17.7. The highest BCUT2D eigenvalue weighted by atomic mass is 35.5. The Morgan fingerprint density at radius 3 is 2.60 bits per heavy atom. The van der Waals surface area contributed by atoms with Crippen LogP contribution in [0.3, 0.4) is 0 Å². The van der Waals surface area contributed by atoms with Crippen molar-refractivity contribution in [2.45, 2.75) is 31.7 Å². The lowest BCUT2D eigenvalue weighted by atomic mass is 9.77. The molecule has 2 aromatic carbocycles. The first-order chi connectivity index (χ1) is 14.5. The molecule has 1 fully saturated rings. The summed E-state index contributed by atoms with van der Waals surface area (Å²) < 4.78 is 0. The minimum atomic E-state index is 0.254. The molecule has 2 unspecified atom stereocenters. The highest BCUT2D eigenvalue weighted by molar-refractivity contribution is 6.31. The van der Waals surface area contributed by atoms with Gasteiger partial charge in [0.05, 0.1) is 11.8 Å². The van der Waals surface area contributed by atoms with Gasteiger partial charge in [0.2, 0.25) is 0 Å². The second kappa shape index (κ2) is 9.55. The fraction of sp³-hybridized carbons (Fsp3) is 0.400. The molecule has 1 aliphatic heterocycles. The van der Waals surface area contributed by atoms with Gasteiger partial charge < -0.3 is 4.90 Å². The molecule has 158 valence electrons. The molecular formula is C25H29Cl2N3. The number of hydrogen-bond acceptors (Lipinski definition) is 3. The van der Waals surface area contributed by atoms with E-state index in [2.05, 4.69) is 54.3 Å². The second-order valence-corrected chi connectivity index (χ2v) is 9.40. The summed E-state index contributed by atoms with van der Waals surface area (Å²) in [5.74, 6) is 0.405. The molecule has 1 heterocycles. The van der Waals surface area contributed by atoms with Crippen molar-refractivity contribution in [3.63, 3.8) is 0 Å². The van der Waals surface area contributed by atoms with Crippen molar-refractivity contribution in [3.05, 3.63) is 75.3 Å². The molecule has 0 radical (unpaired) electrons. The molecule has 0 saturated heterocycles. The first-order valence-corrected chi connectivity index (χ1v) is 11.5. The number of benzene rings is 2. The van der Waals surface area contributed by atoms with Gasteiger partial charge in [0, 0.05) is 22.5 Å². The monoisotopic (exact) mass is 441 g/mol. The van der Waals surface area contributed by atoms with Crippen molar-refractivity contribution in [3.8, 4) is 0 Å². The van der Waals surface area contributed by atoms with E-state index in [1.807, 2.05) is 24.3 Å². The van der Waals surface area contributed by atoms with Crippen LogP contribution in [0.1, 0.15) is 42.9 Å². The molecule has 2 aliphatic rings. The van der Waals surface area contributed by atoms with Gasteiger partial charge in [-0.3, -0.25) is 5.01 Å². The average Bonchev–Trinajstić information content (AvgIpc) is 3.07. The maximum absolute atomic E-state index is 6.36. The van der Waals surface area contributed by atoms with E-state index in [1.54, 1.807) is 0 Å². The van der Waals surface area contributed by atoms with Gasteiger partial charge >= 0.3 is 0 Å². The van der Waals surface area contributed by atoms with Gasteiger partial charge in [-0.15, -0.1) is 0 Å². The average molecular weight is 442 g/mol. The normalized spacial score (nSPS) is 22.5. The quantitative estimate of drug-likeness (QED) is 0.506. The molecule has 3 nitrogen and oxygen atoms in total. The fourth-order valence-corrected chi connectivity index (χ4v) is 5.04. The van der Waals surface area contributed by atoms with Gasteiger partial charge in [-0.25, -0.2) is 0 Å². The van der Waals surface area contributed by atoms with E-state index < -0.39 is 0 Å². The lowest BCUT2D eigenvalue weighted by Gasteiger charge is -2.31. The molecule has 0 spiro atoms. The number of allylic oxidation sites excluding steroid dienone is 1. The van der Waals surface area contributed by atoms with E-state index in [9.17, 15) is 0 Å². The summed E-state index contributed by atoms with van der Waals surface area (Å²) in [7, 11) is 4.24. The van der Waals surface area contributed by atoms with Gasteiger partial charge in [0.1, 0.15) is 0 Å². The first kappa shape index (κ1) is 21.4. The molecule has 2 aromatic rings. The van der Waals surface area contributed by atoms with Crippen LogP contribution in [0.4, 0.5) is 0 Å². The third kappa shape index (κ3) is 4.91. The highest BCUT2D eigenvalue weighted by Crippen LogP contribution is 2.44. The third-order valence-electron chi connectivity index (χ3n) is 5.95. The topological polar surface area (TPSA) is 18.8 Å². The third-order valence-corrected chi connectivity index (χ3v) is 6.42. The molecule has 0 bridgehead atoms. The summed E-state index contributed by atoms with van der Waals surface area (Å²) in [6.45, 7) is 2.00. The van der Waals surface area contributed by atoms with E-state index in [0.29, 0.717) is 5.92 Å². The number of halogens is 2. The summed E-state index contributed by atoms with van der Waals surface area (Å²) in [6.07, 6.45) is 6.76. The zero-order chi connectivity index (χ0) is 21.1. The molecule has 1 saturated carbocycles. The van der Waals surface area contributed by atoms with E-state index in [4.69, 9.17) is 28.3 Å². The van der Waals surface area contributed by atoms with Gasteiger partial charge in [-0.2, -0.15) is 5.10 Å². The van der Waals surface area contributed by atoms with Gasteiger partial charge in [0.15, 0.2) is 0 Å². The maximum atomic E-state index is 6.36. The van der Waals surface area contributed by atoms with Crippen LogP contribution in [0.2, 0.25) is 10.0 Å². The standard InChI is InChI=1S/C25H29Cl2N3/c1-29(2)13-6-14-30-25(20-9-4-11-22(27)17-20)23-12-5-8-19(24(23)28-30)15-18-7-3-10-21(26)16-18/h3-4,7,9-11,15-17,23,25H,5-6,8,12-14H2,1-2H3/b19-15-. The Hall–Kier alpha value is -1.81. The first-order valence-electron chi connectivity index (χ1n) is 10.7. The van der Waals surface area contributed by atoms with Crippen LogP contribution in [-0.2, 0) is 0 Å². The summed E-state index contributed by atoms with van der Waals surface area (Å²) in [5, 5.41) is 9.06. The lowest BCUT2D eigenvalue weighted by molar-refractivity contribution is 0.187. The summed E-state index contributed by atoms with van der Waals surface area (Å²) in [6, 6.07) is 16.6. The lowest BCUT2D eigenvalue weighted by Crippen LogP contribution is -2.29. The fourth-order valence-electron chi connectivity index (χ4n) is 4.65. The molecule has 0 amide bonds. The van der Waals surface area contributed by atoms with Crippen molar-refractivity contribution in [2.75, 3.05) is 27.2 Å². The molecule has 4 rings (SSSR count). The van der Waals surface area contributed by atoms with Crippen molar-refractivity contribution < 1.29 is 0 Å². The molecule has 1 aliphatic carbocycles. The number of hydrogen-bond donors (Lipinski definition) is 0. The number of fused-ring (bicyclic) bond motifs is 1. The van der Waals surface area contributed by atoms with E-state index >= 15 is 0 Å². The van der Waals surface area contributed by atoms with E-state index in [1.165, 1.54) is 23.3 Å². The predicted octanol–water partition coefficient (Wildman–Crippen LogP) is 6.54. The Balaban J connectivity index is 1.66. The molecule has 30 heavy (non-hydrogen) atoms. The van der Waals surface area contributed by atoms with Crippen molar-refractivity contribution in [2.24, 2.45) is 11.0 Å². The van der Waals surface area contributed by atoms with Gasteiger partial charge in [0.25, 0.3) is 0 Å². The second-order valence-electron chi connectivity index (χ2n) is 8.53. The van der Waals surface area contributed by atoms with Crippen LogP contribution >= 0.6 is 23.2 Å². The minimum Gasteiger partial charge on any atom is -0.309 e. The maximum Gasteiger partial charge on any atom is 0.0804 e. The number of hydrazone groups is 1. The Kier molecular flexibility index (Phi) is 6.82. The summed E-state index contributed by atoms with van der Waals surface area (Å²) >= 11 is 12.6. The summed E-state index contributed by atoms with van der Waals surface area (Å²) in [4.78, 5) is 2.23. The zero-order valence-corrected chi connectivity index (χ0v) is 19.2. The number of nitrogens with zero attached hydrogens (tertiary/aromatic N) is 3. The van der Waals surface area contributed by atoms with Crippen molar-refractivity contribution >= 4 is 35.0 Å². The van der Waals surface area contributed by atoms with Gasteiger partial charge in [-0.1, -0.05) is 47.5 Å². The highest BCUT2D eigenvalue weighted by Gasteiger charge is 2.41. The Labute approximate surface area is 190 Å². The van der Waals surface area contributed by atoms with Gasteiger partial charge in [-0.05, 0) is 93.4 Å². The molecule has 2 atom stereocenters. The SMILES string of the molecule is CN(C)CCCN1N=C2/C(=C\c3cccc(Cl)c3)CCCC2C1c1cccc(Cl)c1. The summed E-state index contributed by atoms with van der Waals surface area (Å²) in [5.41, 5.74) is 5.00. The minimum absolute atomic E-state index is 0.254. The van der Waals surface area contributed by atoms with Crippen molar-refractivity contribution in [1.29, 1.82) is 0 Å². The van der Waals surface area contributed by atoms with E-state index in [0.717, 1.165) is 48.0 Å². The van der Waals surface area contributed by atoms with Crippen LogP contribution in [0.25, 0.3) is 6.08 Å². The predicted molar refractivity (Wildman–Crippen MR) is 128 cm³/mol. The van der Waals surface area contributed by atoms with E-state index in [-0.39, 0.29) is 6.04 Å². The largest absolute Gasteiger partial charge is 0.309 e. The molecular weight excluding hydrogens is 413 g/mol. The van der Waals surface area contributed by atoms with Crippen LogP contribution in [-0.4, -0.2) is 42.8 Å². The Morgan fingerprint density at radius 1 is 1.10 bits per heavy atom. The van der Waals surface area contributed by atoms with Crippen molar-refractivity contribution in [1.82, 2.24) is 9.91 Å². The van der Waals surface area contributed by atoms with Crippen LogP contribution in [0.15, 0.2) is 59.2 Å². The molecule has 5 heteroatoms. The van der Waals surface area contributed by atoms with Crippen LogP contribution in [0, 0.1) is 5.92 Å². The Morgan fingerprint density at radius 2 is 1.87 bits per heavy atom. The van der Waals surface area contributed by atoms with Crippen LogP contribution in [0.5, 0.6) is 0 Å².